The first-order chi connectivity index (χ1) is 17.1. The van der Waals surface area contributed by atoms with Gasteiger partial charge in [0.2, 0.25) is 0 Å². The number of aldehydes is 1. The molecule has 9 heteroatoms. The van der Waals surface area contributed by atoms with Crippen molar-refractivity contribution in [3.8, 4) is 0 Å². The Morgan fingerprint density at radius 2 is 2.03 bits per heavy atom. The van der Waals surface area contributed by atoms with Crippen molar-refractivity contribution in [2.45, 2.75) is 11.8 Å². The first-order valence-electron chi connectivity index (χ1n) is 10.7. The summed E-state index contributed by atoms with van der Waals surface area (Å²) in [6.45, 7) is 2.06. The lowest BCUT2D eigenvalue weighted by atomic mass is 9.99. The van der Waals surface area contributed by atoms with Crippen molar-refractivity contribution in [3.05, 3.63) is 95.9 Å². The molecule has 0 aliphatic heterocycles. The molecule has 0 bridgehead atoms. The van der Waals surface area contributed by atoms with Crippen LogP contribution in [0.5, 0.6) is 0 Å². The second-order valence-electron chi connectivity index (χ2n) is 7.22. The molecule has 0 amide bonds. The predicted octanol–water partition coefficient (Wildman–Crippen LogP) is 4.86. The zero-order chi connectivity index (χ0) is 25.0. The number of carbonyl (C=O) groups is 1. The van der Waals surface area contributed by atoms with Crippen molar-refractivity contribution in [1.29, 1.82) is 0 Å². The van der Waals surface area contributed by atoms with Crippen molar-refractivity contribution >= 4 is 46.8 Å². The Labute approximate surface area is 208 Å². The lowest BCUT2D eigenvalue weighted by Crippen LogP contribution is -1.98. The van der Waals surface area contributed by atoms with E-state index in [1.807, 2.05) is 43.7 Å². The van der Waals surface area contributed by atoms with Gasteiger partial charge in [-0.1, -0.05) is 30.3 Å². The van der Waals surface area contributed by atoms with Gasteiger partial charge >= 0.3 is 0 Å². The third-order valence-electron chi connectivity index (χ3n) is 5.05. The van der Waals surface area contributed by atoms with E-state index in [9.17, 15) is 4.79 Å². The van der Waals surface area contributed by atoms with E-state index >= 15 is 0 Å². The number of hydrogen-bond acceptors (Lipinski definition) is 7. The number of benzene rings is 2. The molecule has 0 saturated carbocycles. The van der Waals surface area contributed by atoms with Gasteiger partial charge in [-0.3, -0.25) is 4.79 Å². The number of imidazole rings is 1. The van der Waals surface area contributed by atoms with Crippen molar-refractivity contribution < 1.29 is 4.79 Å². The Kier molecular flexibility index (Phi) is 9.32. The highest BCUT2D eigenvalue weighted by atomic mass is 32.2. The maximum absolute atomic E-state index is 10.3. The van der Waals surface area contributed by atoms with E-state index < -0.39 is 0 Å². The quantitative estimate of drug-likeness (QED) is 0.112. The van der Waals surface area contributed by atoms with Crippen LogP contribution in [0, 0.1) is 6.92 Å². The molecule has 2 aromatic carbocycles. The highest BCUT2D eigenvalue weighted by molar-refractivity contribution is 7.98. The summed E-state index contributed by atoms with van der Waals surface area (Å²) < 4.78 is 0. The van der Waals surface area contributed by atoms with E-state index in [0.29, 0.717) is 5.65 Å². The van der Waals surface area contributed by atoms with Crippen LogP contribution in [-0.4, -0.2) is 45.9 Å². The molecule has 0 radical (unpaired) electrons. The van der Waals surface area contributed by atoms with Crippen molar-refractivity contribution in [1.82, 2.24) is 19.9 Å². The normalized spacial score (nSPS) is 11.6. The number of anilines is 1. The molecule has 178 valence electrons. The van der Waals surface area contributed by atoms with E-state index in [0.717, 1.165) is 44.8 Å². The molecular weight excluding hydrogens is 458 g/mol. The van der Waals surface area contributed by atoms with Crippen LogP contribution in [0.25, 0.3) is 16.7 Å². The van der Waals surface area contributed by atoms with Crippen LogP contribution in [0.15, 0.2) is 83.4 Å². The molecule has 0 unspecified atom stereocenters. The van der Waals surface area contributed by atoms with Gasteiger partial charge in [-0.15, -0.1) is 11.8 Å². The maximum Gasteiger partial charge on any atom is 0.181 e. The summed E-state index contributed by atoms with van der Waals surface area (Å²) >= 11 is 1.64. The molecule has 2 aromatic heterocycles. The molecule has 0 aliphatic carbocycles. The topological polar surface area (TPSA) is 122 Å². The minimum Gasteiger partial charge on any atom is -0.390 e. The molecule has 0 aliphatic rings. The van der Waals surface area contributed by atoms with Gasteiger partial charge in [-0.2, -0.15) is 0 Å². The second-order valence-corrected chi connectivity index (χ2v) is 8.10. The fraction of sp³-hybridized carbons (Fsp3) is 0.115. The second kappa shape index (κ2) is 12.9. The molecule has 0 saturated heterocycles. The average Bonchev–Trinajstić information content (AvgIpc) is 3.39. The van der Waals surface area contributed by atoms with Crippen LogP contribution < -0.4 is 11.1 Å². The first kappa shape index (κ1) is 25.4. The molecular formula is C26H27N7OS. The molecule has 0 spiro atoms. The number of nitrogens with one attached hydrogen (secondary N) is 2. The number of hydrogen-bond donors (Lipinski definition) is 3. The molecule has 2 heterocycles. The first-order valence-corrected chi connectivity index (χ1v) is 12.0. The summed E-state index contributed by atoms with van der Waals surface area (Å²) in [6, 6.07) is 13.8. The largest absolute Gasteiger partial charge is 0.390 e. The molecule has 4 rings (SSSR count). The lowest BCUT2D eigenvalue weighted by Gasteiger charge is -2.11. The van der Waals surface area contributed by atoms with Gasteiger partial charge < -0.3 is 16.0 Å². The minimum absolute atomic E-state index is 0.626. The standard InChI is InChI=1S/C18H19N7.C8H8OS/c1-12-5-6-13(8-15(12)20-2)14(4-3-7-21-9-19)16-17-18(24-10-22-16)25-11-23-17;1-10-8-4-2-3-7(5-8)6-9/h3-11,20H,1-2H3,(H2,19,21)(H,22,23,24,25);2-6H,1H3/b7-3-,14-4+;. The number of aliphatic imine (C=N–C) groups is 1. The van der Waals surface area contributed by atoms with Crippen LogP contribution in [0.1, 0.15) is 27.2 Å². The molecule has 0 fully saturated rings. The third kappa shape index (κ3) is 6.64. The molecule has 35 heavy (non-hydrogen) atoms. The smallest absolute Gasteiger partial charge is 0.181 e. The number of nitrogens with zero attached hydrogens (tertiary/aromatic N) is 4. The number of aromatic nitrogens is 4. The van der Waals surface area contributed by atoms with Gasteiger partial charge in [0.05, 0.1) is 12.7 Å². The SMILES string of the molecule is CNc1cc(/C(=C\C=C/N=CN)c2ncnc3nc[nH]c23)ccc1C.CSc1cccc(C=O)c1. The Morgan fingerprint density at radius 1 is 1.17 bits per heavy atom. The van der Waals surface area contributed by atoms with Gasteiger partial charge in [-0.25, -0.2) is 19.9 Å². The van der Waals surface area contributed by atoms with Crippen molar-refractivity contribution in [2.75, 3.05) is 18.6 Å². The summed E-state index contributed by atoms with van der Waals surface area (Å²) in [6.07, 6.45) is 12.6. The van der Waals surface area contributed by atoms with E-state index in [-0.39, 0.29) is 0 Å². The fourth-order valence-corrected chi connectivity index (χ4v) is 3.76. The minimum atomic E-state index is 0.626. The lowest BCUT2D eigenvalue weighted by molar-refractivity contribution is 0.112. The van der Waals surface area contributed by atoms with Crippen molar-refractivity contribution in [3.63, 3.8) is 0 Å². The Hall–Kier alpha value is -4.24. The summed E-state index contributed by atoms with van der Waals surface area (Å²) in [4.78, 5) is 31.3. The molecule has 8 nitrogen and oxygen atoms in total. The monoisotopic (exact) mass is 485 g/mol. The van der Waals surface area contributed by atoms with Crippen LogP contribution in [0.4, 0.5) is 5.69 Å². The number of rotatable bonds is 7. The molecule has 4 N–H and O–H groups in total. The van der Waals surface area contributed by atoms with Crippen molar-refractivity contribution in [2.24, 2.45) is 10.7 Å². The van der Waals surface area contributed by atoms with Gasteiger partial charge in [0.1, 0.15) is 23.8 Å². The van der Waals surface area contributed by atoms with Crippen LogP contribution in [0.3, 0.4) is 0 Å². The molecule has 0 atom stereocenters. The summed E-state index contributed by atoms with van der Waals surface area (Å²) in [5.74, 6) is 0. The van der Waals surface area contributed by atoms with E-state index in [4.69, 9.17) is 5.73 Å². The van der Waals surface area contributed by atoms with Gasteiger partial charge in [0, 0.05) is 35.0 Å². The number of aryl methyl sites for hydroxylation is 1. The number of nitrogens with two attached hydrogens (primary N) is 1. The maximum atomic E-state index is 10.3. The van der Waals surface area contributed by atoms with Crippen LogP contribution >= 0.6 is 11.8 Å². The number of fused-ring (bicyclic) bond motifs is 1. The number of aromatic amines is 1. The highest BCUT2D eigenvalue weighted by Crippen LogP contribution is 2.29. The van der Waals surface area contributed by atoms with Crippen LogP contribution in [-0.2, 0) is 0 Å². The number of carbonyl (C=O) groups excluding carboxylic acids is 1. The predicted molar refractivity (Wildman–Crippen MR) is 145 cm³/mol. The summed E-state index contributed by atoms with van der Waals surface area (Å²) in [5.41, 5.74) is 12.4. The number of H-pyrrole nitrogens is 1. The van der Waals surface area contributed by atoms with Gasteiger partial charge in [-0.05, 0) is 48.6 Å². The fourth-order valence-electron chi connectivity index (χ4n) is 3.29. The van der Waals surface area contributed by atoms with Gasteiger partial charge in [0.25, 0.3) is 0 Å². The Bertz CT molecular complexity index is 1380. The van der Waals surface area contributed by atoms with E-state index in [1.165, 1.54) is 18.2 Å². The Balaban J connectivity index is 0.000000287. The zero-order valence-electron chi connectivity index (χ0n) is 19.8. The van der Waals surface area contributed by atoms with E-state index in [2.05, 4.69) is 55.4 Å². The summed E-state index contributed by atoms with van der Waals surface area (Å²) in [7, 11) is 1.91. The summed E-state index contributed by atoms with van der Waals surface area (Å²) in [5, 5.41) is 3.21. The number of allylic oxidation sites excluding steroid dienone is 2. The number of thioether (sulfide) groups is 1. The average molecular weight is 486 g/mol. The highest BCUT2D eigenvalue weighted by Gasteiger charge is 2.13. The van der Waals surface area contributed by atoms with Gasteiger partial charge in [0.15, 0.2) is 5.65 Å². The third-order valence-corrected chi connectivity index (χ3v) is 5.77. The van der Waals surface area contributed by atoms with Crippen LogP contribution in [0.2, 0.25) is 0 Å². The molecule has 4 aromatic rings. The Morgan fingerprint density at radius 3 is 2.77 bits per heavy atom. The zero-order valence-corrected chi connectivity index (χ0v) is 20.6. The van der Waals surface area contributed by atoms with E-state index in [1.54, 1.807) is 30.4 Å².